The number of hydrogen-bond donors (Lipinski definition) is 1. The molecule has 0 spiro atoms. The van der Waals surface area contributed by atoms with E-state index in [1.165, 1.54) is 24.3 Å². The zero-order chi connectivity index (χ0) is 23.5. The van der Waals surface area contributed by atoms with E-state index in [2.05, 4.69) is 5.32 Å². The van der Waals surface area contributed by atoms with Gasteiger partial charge in [0.2, 0.25) is 12.2 Å². The van der Waals surface area contributed by atoms with E-state index in [-0.39, 0.29) is 22.1 Å². The molecule has 0 fully saturated rings. The van der Waals surface area contributed by atoms with Crippen molar-refractivity contribution in [1.82, 2.24) is 14.5 Å². The van der Waals surface area contributed by atoms with Crippen LogP contribution < -0.4 is 16.6 Å². The summed E-state index contributed by atoms with van der Waals surface area (Å²) in [6.07, 6.45) is -5.32. The number of carbonyl (C=O) groups excluding carboxylic acids is 3. The van der Waals surface area contributed by atoms with Crippen LogP contribution in [0.1, 0.15) is 32.4 Å². The molecule has 164 valence electrons. The maximum Gasteiger partial charge on any atom is 0.416 e. The number of carbonyl (C=O) groups is 3. The first-order chi connectivity index (χ1) is 15.1. The lowest BCUT2D eigenvalue weighted by molar-refractivity contribution is -0.137. The standard InChI is InChI=1S/C21H14F3N3O5/c22-21(23,24)15-8-6-13(7-9-15)17(30)18(25-12-28)26-11-10-16(29)27(20(26)32)19(31)14-4-2-1-3-5-14/h1-12,18H,(H,25,28). The van der Waals surface area contributed by atoms with Crippen LogP contribution in [0.2, 0.25) is 0 Å². The van der Waals surface area contributed by atoms with Crippen LogP contribution in [0.4, 0.5) is 13.2 Å². The first-order valence-electron chi connectivity index (χ1n) is 9.00. The molecule has 11 heteroatoms. The molecule has 0 saturated carbocycles. The SMILES string of the molecule is O=CNC(C(=O)c1ccc(C(F)(F)F)cc1)n1ccc(=O)n(C(=O)c2ccccc2)c1=O. The van der Waals surface area contributed by atoms with Crippen LogP contribution in [0.25, 0.3) is 0 Å². The van der Waals surface area contributed by atoms with E-state index in [9.17, 15) is 37.1 Å². The first-order valence-corrected chi connectivity index (χ1v) is 9.00. The van der Waals surface area contributed by atoms with E-state index in [1.54, 1.807) is 6.07 Å². The van der Waals surface area contributed by atoms with E-state index in [0.29, 0.717) is 16.7 Å². The Hall–Kier alpha value is -4.28. The van der Waals surface area contributed by atoms with E-state index < -0.39 is 40.8 Å². The van der Waals surface area contributed by atoms with Gasteiger partial charge in [-0.3, -0.25) is 23.7 Å². The van der Waals surface area contributed by atoms with Crippen molar-refractivity contribution in [2.75, 3.05) is 0 Å². The van der Waals surface area contributed by atoms with Crippen molar-refractivity contribution in [3.8, 4) is 0 Å². The number of nitrogens with one attached hydrogen (secondary N) is 1. The summed E-state index contributed by atoms with van der Waals surface area (Å²) in [5, 5.41) is 2.09. The highest BCUT2D eigenvalue weighted by atomic mass is 19.4. The number of Topliss-reactive ketones (excluding diaryl/α,β-unsaturated/α-hetero) is 1. The molecule has 2 aromatic carbocycles. The molecule has 8 nitrogen and oxygen atoms in total. The third-order valence-electron chi connectivity index (χ3n) is 4.48. The second kappa shape index (κ2) is 8.84. The monoisotopic (exact) mass is 445 g/mol. The number of alkyl halides is 3. The minimum atomic E-state index is -4.62. The van der Waals surface area contributed by atoms with Gasteiger partial charge in [-0.1, -0.05) is 30.3 Å². The lowest BCUT2D eigenvalue weighted by Crippen LogP contribution is -2.48. The van der Waals surface area contributed by atoms with Gasteiger partial charge in [0, 0.05) is 23.4 Å². The third kappa shape index (κ3) is 4.41. The summed E-state index contributed by atoms with van der Waals surface area (Å²) in [7, 11) is 0. The van der Waals surface area contributed by atoms with Gasteiger partial charge >= 0.3 is 11.9 Å². The maximum absolute atomic E-state index is 12.9. The fourth-order valence-electron chi connectivity index (χ4n) is 2.91. The van der Waals surface area contributed by atoms with Crippen LogP contribution in [0.3, 0.4) is 0 Å². The van der Waals surface area contributed by atoms with Crippen LogP contribution in [0, 0.1) is 0 Å². The van der Waals surface area contributed by atoms with Gasteiger partial charge in [0.15, 0.2) is 6.17 Å². The van der Waals surface area contributed by atoms with Crippen LogP contribution in [0.15, 0.2) is 76.4 Å². The van der Waals surface area contributed by atoms with Crippen molar-refractivity contribution in [3.05, 3.63) is 104 Å². The molecule has 0 bridgehead atoms. The third-order valence-corrected chi connectivity index (χ3v) is 4.48. The molecule has 1 atom stereocenters. The van der Waals surface area contributed by atoms with Crippen molar-refractivity contribution in [1.29, 1.82) is 0 Å². The fraction of sp³-hybridized carbons (Fsp3) is 0.0952. The van der Waals surface area contributed by atoms with Gasteiger partial charge in [0.1, 0.15) is 0 Å². The number of benzene rings is 2. The quantitative estimate of drug-likeness (QED) is 0.460. The average Bonchev–Trinajstić information content (AvgIpc) is 2.77. The number of halogens is 3. The second-order valence-corrected chi connectivity index (χ2v) is 6.48. The summed E-state index contributed by atoms with van der Waals surface area (Å²) in [4.78, 5) is 61.7. The molecular weight excluding hydrogens is 431 g/mol. The maximum atomic E-state index is 12.9. The van der Waals surface area contributed by atoms with E-state index in [0.717, 1.165) is 24.4 Å². The van der Waals surface area contributed by atoms with Crippen molar-refractivity contribution in [2.24, 2.45) is 0 Å². The number of amides is 1. The Kier molecular flexibility index (Phi) is 6.19. The summed E-state index contributed by atoms with van der Waals surface area (Å²) in [5.41, 5.74) is -3.39. The molecule has 0 radical (unpaired) electrons. The largest absolute Gasteiger partial charge is 0.416 e. The molecule has 1 N–H and O–H groups in total. The fourth-order valence-corrected chi connectivity index (χ4v) is 2.91. The predicted octanol–water partition coefficient (Wildman–Crippen LogP) is 1.84. The first kappa shape index (κ1) is 22.4. The van der Waals surface area contributed by atoms with Crippen LogP contribution in [-0.4, -0.2) is 27.2 Å². The van der Waals surface area contributed by atoms with Gasteiger partial charge in [-0.2, -0.15) is 17.7 Å². The molecule has 0 saturated heterocycles. The summed E-state index contributed by atoms with van der Waals surface area (Å²) in [5.74, 6) is -1.90. The highest BCUT2D eigenvalue weighted by Gasteiger charge is 2.31. The molecular formula is C21H14F3N3O5. The molecule has 3 rings (SSSR count). The second-order valence-electron chi connectivity index (χ2n) is 6.48. The predicted molar refractivity (Wildman–Crippen MR) is 105 cm³/mol. The molecule has 32 heavy (non-hydrogen) atoms. The zero-order valence-electron chi connectivity index (χ0n) is 16.1. The zero-order valence-corrected chi connectivity index (χ0v) is 16.1. The molecule has 1 aromatic heterocycles. The summed E-state index contributed by atoms with van der Waals surface area (Å²) < 4.78 is 39.2. The number of ketones is 1. The number of aromatic nitrogens is 2. The molecule has 0 aliphatic carbocycles. The molecule has 3 aromatic rings. The Morgan fingerprint density at radius 3 is 2.09 bits per heavy atom. The van der Waals surface area contributed by atoms with Gasteiger partial charge in [0.05, 0.1) is 5.56 Å². The van der Waals surface area contributed by atoms with Gasteiger partial charge < -0.3 is 5.32 Å². The Labute approximate surface area is 177 Å². The molecule has 1 heterocycles. The lowest BCUT2D eigenvalue weighted by Gasteiger charge is -2.19. The Morgan fingerprint density at radius 1 is 0.906 bits per heavy atom. The average molecular weight is 445 g/mol. The minimum Gasteiger partial charge on any atom is -0.331 e. The summed E-state index contributed by atoms with van der Waals surface area (Å²) >= 11 is 0. The Bertz CT molecular complexity index is 1280. The van der Waals surface area contributed by atoms with E-state index in [4.69, 9.17) is 0 Å². The van der Waals surface area contributed by atoms with Crippen LogP contribution in [0.5, 0.6) is 0 Å². The van der Waals surface area contributed by atoms with Crippen LogP contribution >= 0.6 is 0 Å². The van der Waals surface area contributed by atoms with Gasteiger partial charge in [-0.25, -0.2) is 4.79 Å². The Morgan fingerprint density at radius 2 is 1.53 bits per heavy atom. The molecule has 1 unspecified atom stereocenters. The summed E-state index contributed by atoms with van der Waals surface area (Å²) in [6.45, 7) is 0. The lowest BCUT2D eigenvalue weighted by atomic mass is 10.1. The van der Waals surface area contributed by atoms with Crippen molar-refractivity contribution >= 4 is 18.1 Å². The van der Waals surface area contributed by atoms with Gasteiger partial charge in [0.25, 0.3) is 11.5 Å². The molecule has 0 aliphatic heterocycles. The van der Waals surface area contributed by atoms with Gasteiger partial charge in [-0.15, -0.1) is 0 Å². The normalized spacial score (nSPS) is 12.1. The Balaban J connectivity index is 2.06. The number of hydrogen-bond acceptors (Lipinski definition) is 5. The topological polar surface area (TPSA) is 107 Å². The molecule has 0 aliphatic rings. The van der Waals surface area contributed by atoms with Crippen LogP contribution in [-0.2, 0) is 11.0 Å². The number of rotatable bonds is 6. The number of nitrogens with zero attached hydrogens (tertiary/aromatic N) is 2. The van der Waals surface area contributed by atoms with E-state index >= 15 is 0 Å². The van der Waals surface area contributed by atoms with Crippen molar-refractivity contribution < 1.29 is 27.6 Å². The van der Waals surface area contributed by atoms with Crippen molar-refractivity contribution in [3.63, 3.8) is 0 Å². The smallest absolute Gasteiger partial charge is 0.331 e. The highest BCUT2D eigenvalue weighted by molar-refractivity contribution is 5.99. The summed E-state index contributed by atoms with van der Waals surface area (Å²) in [6, 6.07) is 11.4. The van der Waals surface area contributed by atoms with E-state index in [1.807, 2.05) is 0 Å². The minimum absolute atomic E-state index is 0.0263. The van der Waals surface area contributed by atoms with Crippen molar-refractivity contribution in [2.45, 2.75) is 12.3 Å². The highest BCUT2D eigenvalue weighted by Crippen LogP contribution is 2.29. The van der Waals surface area contributed by atoms with Gasteiger partial charge in [-0.05, 0) is 24.3 Å². The molecule has 1 amide bonds.